The number of hydrogen-bond acceptors (Lipinski definition) is 5. The van der Waals surface area contributed by atoms with Crippen LogP contribution < -0.4 is 5.32 Å². The van der Waals surface area contributed by atoms with Crippen LogP contribution in [-0.4, -0.2) is 51.4 Å². The molecule has 4 rings (SSSR count). The Morgan fingerprint density at radius 1 is 1.00 bits per heavy atom. The zero-order valence-corrected chi connectivity index (χ0v) is 15.7. The number of carbonyl (C=O) groups is 1. The largest absolute Gasteiger partial charge is 0.350 e. The SMILES string of the molecule is O=C1CN(Cc2cnc(NCc3ccccc3)nc2)CCN1C1CCCC1. The topological polar surface area (TPSA) is 61.4 Å². The molecular weight excluding hydrogens is 338 g/mol. The molecule has 0 radical (unpaired) electrons. The molecule has 1 aromatic heterocycles. The van der Waals surface area contributed by atoms with Gasteiger partial charge in [0.25, 0.3) is 0 Å². The van der Waals surface area contributed by atoms with E-state index in [1.807, 2.05) is 30.6 Å². The molecule has 0 atom stereocenters. The van der Waals surface area contributed by atoms with Gasteiger partial charge in [-0.05, 0) is 18.4 Å². The highest BCUT2D eigenvalue weighted by Gasteiger charge is 2.31. The molecule has 1 N–H and O–H groups in total. The number of aromatic nitrogens is 2. The molecular formula is C21H27N5O. The van der Waals surface area contributed by atoms with E-state index in [-0.39, 0.29) is 5.91 Å². The molecule has 0 bridgehead atoms. The average Bonchev–Trinajstić information content (AvgIpc) is 3.23. The third kappa shape index (κ3) is 4.63. The van der Waals surface area contributed by atoms with E-state index in [4.69, 9.17) is 0 Å². The molecule has 0 spiro atoms. The van der Waals surface area contributed by atoms with Gasteiger partial charge < -0.3 is 10.2 Å². The zero-order chi connectivity index (χ0) is 18.5. The first-order valence-corrected chi connectivity index (χ1v) is 9.88. The van der Waals surface area contributed by atoms with Gasteiger partial charge in [0, 0.05) is 50.2 Å². The number of amides is 1. The van der Waals surface area contributed by atoms with Crippen molar-refractivity contribution < 1.29 is 4.79 Å². The second-order valence-corrected chi connectivity index (χ2v) is 7.49. The highest BCUT2D eigenvalue weighted by atomic mass is 16.2. The molecule has 1 saturated carbocycles. The fraction of sp³-hybridized carbons (Fsp3) is 0.476. The summed E-state index contributed by atoms with van der Waals surface area (Å²) in [5.74, 6) is 0.903. The van der Waals surface area contributed by atoms with Crippen molar-refractivity contribution in [2.24, 2.45) is 0 Å². The second kappa shape index (κ2) is 8.48. The summed E-state index contributed by atoms with van der Waals surface area (Å²) in [6, 6.07) is 10.7. The lowest BCUT2D eigenvalue weighted by Crippen LogP contribution is -2.53. The van der Waals surface area contributed by atoms with E-state index in [0.717, 1.165) is 25.2 Å². The summed E-state index contributed by atoms with van der Waals surface area (Å²) in [6.45, 7) is 3.71. The molecule has 2 aromatic rings. The lowest BCUT2D eigenvalue weighted by molar-refractivity contribution is -0.138. The van der Waals surface area contributed by atoms with Crippen molar-refractivity contribution in [2.45, 2.75) is 44.8 Å². The predicted octanol–water partition coefficient (Wildman–Crippen LogP) is 2.68. The van der Waals surface area contributed by atoms with E-state index in [1.165, 1.54) is 31.2 Å². The number of nitrogens with zero attached hydrogens (tertiary/aromatic N) is 4. The van der Waals surface area contributed by atoms with Gasteiger partial charge in [0.15, 0.2) is 0 Å². The molecule has 6 heteroatoms. The average molecular weight is 365 g/mol. The van der Waals surface area contributed by atoms with Crippen molar-refractivity contribution in [3.8, 4) is 0 Å². The van der Waals surface area contributed by atoms with Crippen molar-refractivity contribution in [1.82, 2.24) is 19.8 Å². The Hall–Kier alpha value is -2.47. The Bertz CT molecular complexity index is 743. The molecule has 6 nitrogen and oxygen atoms in total. The van der Waals surface area contributed by atoms with Gasteiger partial charge in [-0.3, -0.25) is 9.69 Å². The Kier molecular flexibility index (Phi) is 5.63. The van der Waals surface area contributed by atoms with Crippen LogP contribution in [0.1, 0.15) is 36.8 Å². The highest BCUT2D eigenvalue weighted by Crippen LogP contribution is 2.25. The second-order valence-electron chi connectivity index (χ2n) is 7.49. The van der Waals surface area contributed by atoms with Crippen molar-refractivity contribution in [3.63, 3.8) is 0 Å². The molecule has 2 heterocycles. The summed E-state index contributed by atoms with van der Waals surface area (Å²) in [6.07, 6.45) is 8.59. The molecule has 1 aliphatic heterocycles. The Morgan fingerprint density at radius 3 is 2.44 bits per heavy atom. The van der Waals surface area contributed by atoms with Gasteiger partial charge in [0.2, 0.25) is 11.9 Å². The Balaban J connectivity index is 1.27. The maximum atomic E-state index is 12.5. The summed E-state index contributed by atoms with van der Waals surface area (Å²) in [4.78, 5) is 25.6. The fourth-order valence-corrected chi connectivity index (χ4v) is 4.04. The van der Waals surface area contributed by atoms with Gasteiger partial charge in [-0.2, -0.15) is 0 Å². The van der Waals surface area contributed by atoms with E-state index < -0.39 is 0 Å². The van der Waals surface area contributed by atoms with E-state index in [9.17, 15) is 4.79 Å². The number of rotatable bonds is 6. The molecule has 142 valence electrons. The van der Waals surface area contributed by atoms with E-state index in [1.54, 1.807) is 0 Å². The Labute approximate surface area is 160 Å². The van der Waals surface area contributed by atoms with E-state index >= 15 is 0 Å². The first-order chi connectivity index (χ1) is 13.3. The molecule has 1 aliphatic carbocycles. The highest BCUT2D eigenvalue weighted by molar-refractivity contribution is 5.79. The summed E-state index contributed by atoms with van der Waals surface area (Å²) in [5.41, 5.74) is 2.24. The summed E-state index contributed by atoms with van der Waals surface area (Å²) >= 11 is 0. The third-order valence-electron chi connectivity index (χ3n) is 5.51. The minimum atomic E-state index is 0.273. The molecule has 27 heavy (non-hydrogen) atoms. The van der Waals surface area contributed by atoms with Gasteiger partial charge in [-0.25, -0.2) is 9.97 Å². The predicted molar refractivity (Wildman–Crippen MR) is 105 cm³/mol. The van der Waals surface area contributed by atoms with Gasteiger partial charge in [0.1, 0.15) is 0 Å². The molecule has 1 aromatic carbocycles. The van der Waals surface area contributed by atoms with Crippen molar-refractivity contribution in [2.75, 3.05) is 25.0 Å². The zero-order valence-electron chi connectivity index (χ0n) is 15.7. The van der Waals surface area contributed by atoms with E-state index in [0.29, 0.717) is 25.1 Å². The summed E-state index contributed by atoms with van der Waals surface area (Å²) < 4.78 is 0. The van der Waals surface area contributed by atoms with Crippen LogP contribution in [0.5, 0.6) is 0 Å². The number of anilines is 1. The van der Waals surface area contributed by atoms with Crippen LogP contribution in [-0.2, 0) is 17.9 Å². The van der Waals surface area contributed by atoms with Gasteiger partial charge in [0.05, 0.1) is 6.54 Å². The number of hydrogen-bond donors (Lipinski definition) is 1. The van der Waals surface area contributed by atoms with Crippen molar-refractivity contribution in [1.29, 1.82) is 0 Å². The summed E-state index contributed by atoms with van der Waals surface area (Å²) in [5, 5.41) is 3.24. The van der Waals surface area contributed by atoms with Crippen molar-refractivity contribution in [3.05, 3.63) is 53.9 Å². The third-order valence-corrected chi connectivity index (χ3v) is 5.51. The minimum Gasteiger partial charge on any atom is -0.350 e. The van der Waals surface area contributed by atoms with E-state index in [2.05, 4.69) is 37.2 Å². The lowest BCUT2D eigenvalue weighted by Gasteiger charge is -2.37. The normalized spacial score (nSPS) is 18.8. The maximum Gasteiger partial charge on any atom is 0.237 e. The molecule has 0 unspecified atom stereocenters. The first kappa shape index (κ1) is 17.9. The quantitative estimate of drug-likeness (QED) is 0.853. The van der Waals surface area contributed by atoms with Crippen molar-refractivity contribution >= 4 is 11.9 Å². The van der Waals surface area contributed by atoms with Gasteiger partial charge >= 0.3 is 0 Å². The van der Waals surface area contributed by atoms with Gasteiger partial charge in [-0.1, -0.05) is 43.2 Å². The van der Waals surface area contributed by atoms with Crippen LogP contribution in [0.25, 0.3) is 0 Å². The smallest absolute Gasteiger partial charge is 0.237 e. The van der Waals surface area contributed by atoms with Crippen LogP contribution >= 0.6 is 0 Å². The molecule has 1 saturated heterocycles. The van der Waals surface area contributed by atoms with Crippen LogP contribution in [0.15, 0.2) is 42.7 Å². The number of nitrogens with one attached hydrogen (secondary N) is 1. The van der Waals surface area contributed by atoms with Gasteiger partial charge in [-0.15, -0.1) is 0 Å². The first-order valence-electron chi connectivity index (χ1n) is 9.88. The Morgan fingerprint density at radius 2 is 1.74 bits per heavy atom. The maximum absolute atomic E-state index is 12.5. The van der Waals surface area contributed by atoms with Crippen LogP contribution in [0.2, 0.25) is 0 Å². The van der Waals surface area contributed by atoms with Crippen LogP contribution in [0, 0.1) is 0 Å². The van der Waals surface area contributed by atoms with Crippen LogP contribution in [0.3, 0.4) is 0 Å². The number of piperazine rings is 1. The molecule has 2 aliphatic rings. The monoisotopic (exact) mass is 365 g/mol. The minimum absolute atomic E-state index is 0.273. The molecule has 2 fully saturated rings. The standard InChI is InChI=1S/C21H27N5O/c27-20-16-25(10-11-26(20)19-8-4-5-9-19)15-18-13-23-21(24-14-18)22-12-17-6-2-1-3-7-17/h1-3,6-7,13-14,19H,4-5,8-12,15-16H2,(H,22,23,24). The lowest BCUT2D eigenvalue weighted by atomic mass is 10.1. The number of carbonyl (C=O) groups excluding carboxylic acids is 1. The fourth-order valence-electron chi connectivity index (χ4n) is 4.04. The van der Waals surface area contributed by atoms with Crippen LogP contribution in [0.4, 0.5) is 5.95 Å². The summed E-state index contributed by atoms with van der Waals surface area (Å²) in [7, 11) is 0. The molecule has 1 amide bonds. The number of benzene rings is 1.